The van der Waals surface area contributed by atoms with Gasteiger partial charge in [0.15, 0.2) is 15.0 Å². The summed E-state index contributed by atoms with van der Waals surface area (Å²) in [5.41, 5.74) is 0.848. The molecule has 0 spiro atoms. The number of carbonyl (C=O) groups is 1. The number of aromatic nitrogens is 1. The number of carbonyl (C=O) groups excluding carboxylic acids is 1. The van der Waals surface area contributed by atoms with Crippen LogP contribution in [0.25, 0.3) is 10.2 Å². The average molecular weight is 528 g/mol. The van der Waals surface area contributed by atoms with Gasteiger partial charge in [0.2, 0.25) is 5.91 Å². The van der Waals surface area contributed by atoms with Crippen molar-refractivity contribution >= 4 is 66.6 Å². The number of nitrogens with zero attached hydrogens (tertiary/aromatic N) is 3. The number of hydrogen-bond donors (Lipinski definition) is 0. The van der Waals surface area contributed by atoms with E-state index in [-0.39, 0.29) is 35.4 Å². The lowest BCUT2D eigenvalue weighted by atomic mass is 10.3. The van der Waals surface area contributed by atoms with Crippen LogP contribution in [0.3, 0.4) is 0 Å². The molecule has 3 rings (SSSR count). The van der Waals surface area contributed by atoms with Crippen molar-refractivity contribution in [1.82, 2.24) is 9.88 Å². The predicted octanol–water partition coefficient (Wildman–Crippen LogP) is 4.98. The van der Waals surface area contributed by atoms with Crippen molar-refractivity contribution in [3.8, 4) is 0 Å². The maximum Gasteiger partial charge on any atom is 0.229 e. The van der Waals surface area contributed by atoms with Crippen molar-refractivity contribution in [2.24, 2.45) is 0 Å². The first-order chi connectivity index (χ1) is 15.4. The number of halogens is 1. The Kier molecular flexibility index (Phi) is 10.6. The van der Waals surface area contributed by atoms with E-state index in [1.807, 2.05) is 18.4 Å². The van der Waals surface area contributed by atoms with Gasteiger partial charge in [0, 0.05) is 24.4 Å². The molecule has 6 nitrogen and oxygen atoms in total. The Bertz CT molecular complexity index is 1150. The molecule has 0 bridgehead atoms. The third-order valence-corrected chi connectivity index (χ3v) is 8.84. The van der Waals surface area contributed by atoms with Crippen molar-refractivity contribution in [1.29, 1.82) is 0 Å². The predicted molar refractivity (Wildman–Crippen MR) is 142 cm³/mol. The maximum absolute atomic E-state index is 13.2. The van der Waals surface area contributed by atoms with Crippen molar-refractivity contribution in [2.75, 3.05) is 43.1 Å². The van der Waals surface area contributed by atoms with E-state index in [0.29, 0.717) is 18.2 Å². The third-order valence-electron chi connectivity index (χ3n) is 5.34. The standard InChI is InChI=1S/C23H29N3O3S3.ClH/c1-4-25(5-2)14-15-26(23-24-20-12-11-18(30-3)17-21(20)31-23)22(27)13-16-32(28,29)19-9-7-6-8-10-19;/h6-12,17H,4-5,13-16H2,1-3H3;1H. The molecule has 0 N–H and O–H groups in total. The van der Waals surface area contributed by atoms with Crippen molar-refractivity contribution in [3.63, 3.8) is 0 Å². The second-order valence-corrected chi connectivity index (χ2v) is 11.3. The summed E-state index contributed by atoms with van der Waals surface area (Å²) in [5.74, 6) is -0.445. The molecule has 2 aromatic carbocycles. The zero-order valence-corrected chi connectivity index (χ0v) is 22.3. The molecule has 0 atom stereocenters. The summed E-state index contributed by atoms with van der Waals surface area (Å²) >= 11 is 3.13. The summed E-state index contributed by atoms with van der Waals surface area (Å²) in [6, 6.07) is 14.3. The topological polar surface area (TPSA) is 70.6 Å². The zero-order valence-electron chi connectivity index (χ0n) is 19.1. The molecule has 1 amide bonds. The van der Waals surface area contributed by atoms with E-state index in [2.05, 4.69) is 29.8 Å². The van der Waals surface area contributed by atoms with E-state index in [9.17, 15) is 13.2 Å². The summed E-state index contributed by atoms with van der Waals surface area (Å²) in [4.78, 5) is 23.2. The van der Waals surface area contributed by atoms with E-state index in [4.69, 9.17) is 0 Å². The molecule has 0 radical (unpaired) electrons. The van der Waals surface area contributed by atoms with E-state index < -0.39 is 9.84 Å². The lowest BCUT2D eigenvalue weighted by Gasteiger charge is -2.24. The van der Waals surface area contributed by atoms with Gasteiger partial charge >= 0.3 is 0 Å². The Hall–Kier alpha value is -1.65. The second-order valence-electron chi connectivity index (χ2n) is 7.28. The van der Waals surface area contributed by atoms with Crippen LogP contribution in [-0.2, 0) is 14.6 Å². The van der Waals surface area contributed by atoms with Crippen LogP contribution in [-0.4, -0.2) is 62.4 Å². The van der Waals surface area contributed by atoms with Crippen LogP contribution < -0.4 is 4.90 Å². The fourth-order valence-corrected chi connectivity index (χ4v) is 6.16. The molecule has 0 saturated heterocycles. The Balaban J connectivity index is 0.00000385. The van der Waals surface area contributed by atoms with Gasteiger partial charge in [-0.3, -0.25) is 9.69 Å². The highest BCUT2D eigenvalue weighted by molar-refractivity contribution is 7.98. The highest BCUT2D eigenvalue weighted by atomic mass is 35.5. The Morgan fingerprint density at radius 1 is 1.06 bits per heavy atom. The lowest BCUT2D eigenvalue weighted by Crippen LogP contribution is -2.39. The number of anilines is 1. The number of benzene rings is 2. The van der Waals surface area contributed by atoms with Gasteiger partial charge in [-0.2, -0.15) is 0 Å². The van der Waals surface area contributed by atoms with Crippen LogP contribution in [0.4, 0.5) is 5.13 Å². The number of thiazole rings is 1. The van der Waals surface area contributed by atoms with Crippen molar-refractivity contribution < 1.29 is 13.2 Å². The second kappa shape index (κ2) is 12.7. The van der Waals surface area contributed by atoms with Gasteiger partial charge in [-0.1, -0.05) is 43.4 Å². The molecule has 10 heteroatoms. The molecule has 0 unspecified atom stereocenters. The van der Waals surface area contributed by atoms with Crippen molar-refractivity contribution in [2.45, 2.75) is 30.1 Å². The minimum atomic E-state index is -3.52. The smallest absolute Gasteiger partial charge is 0.229 e. The Morgan fingerprint density at radius 3 is 2.39 bits per heavy atom. The summed E-state index contributed by atoms with van der Waals surface area (Å²) in [5, 5.41) is 0.618. The van der Waals surface area contributed by atoms with E-state index in [1.165, 1.54) is 11.3 Å². The zero-order chi connectivity index (χ0) is 23.1. The van der Waals surface area contributed by atoms with Crippen molar-refractivity contribution in [3.05, 3.63) is 48.5 Å². The number of sulfone groups is 1. The Morgan fingerprint density at radius 2 is 1.76 bits per heavy atom. The number of amides is 1. The summed E-state index contributed by atoms with van der Waals surface area (Å²) in [6.07, 6.45) is 1.94. The summed E-state index contributed by atoms with van der Waals surface area (Å²) in [7, 11) is -3.52. The molecule has 0 aliphatic carbocycles. The van der Waals surface area contributed by atoms with Crippen LogP contribution in [0.5, 0.6) is 0 Å². The first-order valence-corrected chi connectivity index (χ1v) is 14.3. The van der Waals surface area contributed by atoms with Crippen LogP contribution in [0, 0.1) is 0 Å². The summed E-state index contributed by atoms with van der Waals surface area (Å²) in [6.45, 7) is 7.13. The first kappa shape index (κ1) is 27.6. The van der Waals surface area contributed by atoms with Gasteiger partial charge in [-0.25, -0.2) is 13.4 Å². The Labute approximate surface area is 210 Å². The highest BCUT2D eigenvalue weighted by Gasteiger charge is 2.23. The normalized spacial score (nSPS) is 11.5. The minimum Gasteiger partial charge on any atom is -0.302 e. The SMILES string of the molecule is CCN(CC)CCN(C(=O)CCS(=O)(=O)c1ccccc1)c1nc2ccc(SC)cc2s1.Cl. The van der Waals surface area contributed by atoms with Crippen LogP contribution in [0.2, 0.25) is 0 Å². The molecular formula is C23H30ClN3O3S3. The van der Waals surface area contributed by atoms with E-state index in [1.54, 1.807) is 47.0 Å². The van der Waals surface area contributed by atoms with Crippen LogP contribution in [0.15, 0.2) is 58.3 Å². The number of rotatable bonds is 11. The number of thioether (sulfide) groups is 1. The molecule has 33 heavy (non-hydrogen) atoms. The maximum atomic E-state index is 13.2. The molecular weight excluding hydrogens is 498 g/mol. The van der Waals surface area contributed by atoms with Gasteiger partial charge in [0.05, 0.1) is 20.9 Å². The molecule has 1 heterocycles. The number of hydrogen-bond acceptors (Lipinski definition) is 7. The minimum absolute atomic E-state index is 0. The van der Waals surface area contributed by atoms with Gasteiger partial charge in [0.1, 0.15) is 0 Å². The molecule has 0 fully saturated rings. The first-order valence-electron chi connectivity index (χ1n) is 10.6. The molecule has 0 aliphatic heterocycles. The third kappa shape index (κ3) is 7.16. The molecule has 1 aromatic heterocycles. The lowest BCUT2D eigenvalue weighted by molar-refractivity contribution is -0.118. The summed E-state index contributed by atoms with van der Waals surface area (Å²) < 4.78 is 26.4. The van der Waals surface area contributed by atoms with Gasteiger partial charge < -0.3 is 4.90 Å². The van der Waals surface area contributed by atoms with E-state index >= 15 is 0 Å². The molecule has 180 valence electrons. The quantitative estimate of drug-likeness (QED) is 0.327. The molecule has 3 aromatic rings. The van der Waals surface area contributed by atoms with Gasteiger partial charge in [0.25, 0.3) is 0 Å². The van der Waals surface area contributed by atoms with E-state index in [0.717, 1.165) is 28.2 Å². The molecule has 0 aliphatic rings. The van der Waals surface area contributed by atoms with Gasteiger partial charge in [-0.05, 0) is 49.7 Å². The van der Waals surface area contributed by atoms with Crippen LogP contribution in [0.1, 0.15) is 20.3 Å². The van der Waals surface area contributed by atoms with Gasteiger partial charge in [-0.15, -0.1) is 24.2 Å². The fraction of sp³-hybridized carbons (Fsp3) is 0.391. The highest BCUT2D eigenvalue weighted by Crippen LogP contribution is 2.32. The largest absolute Gasteiger partial charge is 0.302 e. The number of likely N-dealkylation sites (N-methyl/N-ethyl adjacent to an activating group) is 1. The average Bonchev–Trinajstić information content (AvgIpc) is 3.23. The fourth-order valence-electron chi connectivity index (χ4n) is 3.35. The number of fused-ring (bicyclic) bond motifs is 1. The molecule has 0 saturated carbocycles. The van der Waals surface area contributed by atoms with Crippen LogP contribution >= 0.6 is 35.5 Å². The monoisotopic (exact) mass is 527 g/mol.